The van der Waals surface area contributed by atoms with Crippen molar-refractivity contribution >= 4 is 14.3 Å². The Hall–Kier alpha value is -0.353. The van der Waals surface area contributed by atoms with Crippen LogP contribution in [0.1, 0.15) is 60.8 Å². The minimum atomic E-state index is -1.65. The molecule has 0 aliphatic rings. The van der Waals surface area contributed by atoms with Crippen LogP contribution in [0.5, 0.6) is 0 Å². The molecule has 0 aliphatic heterocycles. The lowest BCUT2D eigenvalue weighted by Crippen LogP contribution is -2.43. The van der Waals surface area contributed by atoms with Crippen LogP contribution >= 0.6 is 0 Å². The number of hydrogen-bond donors (Lipinski definition) is 0. The van der Waals surface area contributed by atoms with Crippen LogP contribution in [0.2, 0.25) is 18.1 Å². The summed E-state index contributed by atoms with van der Waals surface area (Å²) in [6.45, 7) is 18.7. The second kappa shape index (κ2) is 7.60. The molecule has 0 aromatic heterocycles. The highest BCUT2D eigenvalue weighted by atomic mass is 28.4. The summed E-state index contributed by atoms with van der Waals surface area (Å²) in [5, 5.41) is 0.262. The zero-order chi connectivity index (χ0) is 16.0. The van der Waals surface area contributed by atoms with Gasteiger partial charge < -0.3 is 9.16 Å². The first kappa shape index (κ1) is 19.6. The predicted octanol–water partition coefficient (Wildman–Crippen LogP) is 4.77. The number of carbonyl (C=O) groups excluding carboxylic acids is 1. The Bertz CT molecular complexity index is 303. The van der Waals surface area contributed by atoms with Gasteiger partial charge in [0, 0.05) is 13.5 Å². The molecule has 0 rings (SSSR count). The molecule has 0 aromatic carbocycles. The smallest absolute Gasteiger partial charge is 0.302 e. The van der Waals surface area contributed by atoms with Crippen LogP contribution < -0.4 is 0 Å². The van der Waals surface area contributed by atoms with Gasteiger partial charge in [0.2, 0.25) is 0 Å². The minimum Gasteiger partial charge on any atom is -0.466 e. The van der Waals surface area contributed by atoms with E-state index in [0.717, 1.165) is 25.9 Å². The van der Waals surface area contributed by atoms with Gasteiger partial charge in [0.15, 0.2) is 8.32 Å². The van der Waals surface area contributed by atoms with E-state index < -0.39 is 8.32 Å². The summed E-state index contributed by atoms with van der Waals surface area (Å²) in [5.41, 5.74) is 0.186. The van der Waals surface area contributed by atoms with Gasteiger partial charge in [-0.15, -0.1) is 0 Å². The van der Waals surface area contributed by atoms with Gasteiger partial charge in [-0.1, -0.05) is 34.6 Å². The second-order valence-electron chi connectivity index (χ2n) is 8.01. The molecule has 0 amide bonds. The van der Waals surface area contributed by atoms with E-state index in [1.807, 2.05) is 0 Å². The van der Waals surface area contributed by atoms with Gasteiger partial charge in [-0.2, -0.15) is 0 Å². The summed E-state index contributed by atoms with van der Waals surface area (Å²) in [5.74, 6) is -0.189. The van der Waals surface area contributed by atoms with Crippen molar-refractivity contribution in [2.75, 3.05) is 13.2 Å². The third-order valence-electron chi connectivity index (χ3n) is 4.18. The number of rotatable bonds is 8. The summed E-state index contributed by atoms with van der Waals surface area (Å²) in [4.78, 5) is 10.7. The van der Waals surface area contributed by atoms with Crippen molar-refractivity contribution in [2.24, 2.45) is 5.41 Å². The number of carbonyl (C=O) groups is 1. The van der Waals surface area contributed by atoms with Gasteiger partial charge in [-0.3, -0.25) is 4.79 Å². The molecule has 20 heavy (non-hydrogen) atoms. The zero-order valence-corrected chi connectivity index (χ0v) is 15.8. The first-order chi connectivity index (χ1) is 8.87. The van der Waals surface area contributed by atoms with Crippen LogP contribution in [0, 0.1) is 5.41 Å². The van der Waals surface area contributed by atoms with Gasteiger partial charge in [0.05, 0.1) is 6.61 Å². The third kappa shape index (κ3) is 8.05. The molecular weight excluding hydrogens is 268 g/mol. The largest absolute Gasteiger partial charge is 0.466 e. The number of unbranched alkanes of at least 4 members (excludes halogenated alkanes) is 1. The molecule has 120 valence electrons. The van der Waals surface area contributed by atoms with E-state index in [9.17, 15) is 4.79 Å². The van der Waals surface area contributed by atoms with Crippen molar-refractivity contribution in [3.8, 4) is 0 Å². The molecule has 0 radical (unpaired) electrons. The molecule has 0 saturated carbocycles. The molecule has 0 spiro atoms. The van der Waals surface area contributed by atoms with Crippen LogP contribution in [0.4, 0.5) is 0 Å². The van der Waals surface area contributed by atoms with Gasteiger partial charge in [0.25, 0.3) is 0 Å². The molecular formula is C16H34O3Si. The van der Waals surface area contributed by atoms with E-state index in [0.29, 0.717) is 6.61 Å². The lowest BCUT2D eigenvalue weighted by molar-refractivity contribution is -0.141. The molecule has 4 heteroatoms. The van der Waals surface area contributed by atoms with Gasteiger partial charge in [0.1, 0.15) is 0 Å². The van der Waals surface area contributed by atoms with E-state index in [4.69, 9.17) is 9.16 Å². The fourth-order valence-electron chi connectivity index (χ4n) is 1.59. The van der Waals surface area contributed by atoms with Gasteiger partial charge in [-0.25, -0.2) is 0 Å². The summed E-state index contributed by atoms with van der Waals surface area (Å²) in [6, 6.07) is 0. The van der Waals surface area contributed by atoms with Crippen LogP contribution in [-0.2, 0) is 14.0 Å². The summed E-state index contributed by atoms with van der Waals surface area (Å²) >= 11 is 0. The quantitative estimate of drug-likeness (QED) is 0.368. The molecule has 0 unspecified atom stereocenters. The maximum atomic E-state index is 10.7. The Morgan fingerprint density at radius 3 is 2.05 bits per heavy atom. The molecule has 0 bridgehead atoms. The molecule has 0 N–H and O–H groups in total. The fraction of sp³-hybridized carbons (Fsp3) is 0.938. The normalized spacial score (nSPS) is 13.4. The van der Waals surface area contributed by atoms with E-state index in [-0.39, 0.29) is 16.4 Å². The highest BCUT2D eigenvalue weighted by Crippen LogP contribution is 2.38. The van der Waals surface area contributed by atoms with Crippen LogP contribution in [0.15, 0.2) is 0 Å². The van der Waals surface area contributed by atoms with Crippen molar-refractivity contribution < 1.29 is 14.0 Å². The fourth-order valence-corrected chi connectivity index (χ4v) is 2.77. The lowest BCUT2D eigenvalue weighted by atomic mass is 9.88. The van der Waals surface area contributed by atoms with Crippen molar-refractivity contribution in [3.05, 3.63) is 0 Å². The summed E-state index contributed by atoms with van der Waals surface area (Å²) in [6.07, 6.45) is 3.10. The Morgan fingerprint density at radius 2 is 1.60 bits per heavy atom. The second-order valence-corrected chi connectivity index (χ2v) is 12.8. The molecule has 3 nitrogen and oxygen atoms in total. The first-order valence-corrected chi connectivity index (χ1v) is 10.6. The van der Waals surface area contributed by atoms with E-state index in [1.54, 1.807) is 0 Å². The van der Waals surface area contributed by atoms with Crippen LogP contribution in [-0.4, -0.2) is 27.5 Å². The van der Waals surface area contributed by atoms with Crippen molar-refractivity contribution in [2.45, 2.75) is 78.9 Å². The Balaban J connectivity index is 4.04. The number of ether oxygens (including phenoxy) is 1. The number of esters is 1. The maximum absolute atomic E-state index is 10.7. The Labute approximate surface area is 126 Å². The molecule has 0 aliphatic carbocycles. The third-order valence-corrected chi connectivity index (χ3v) is 8.66. The highest BCUT2D eigenvalue weighted by Gasteiger charge is 2.38. The number of hydrogen-bond acceptors (Lipinski definition) is 3. The minimum absolute atomic E-state index is 0.186. The Morgan fingerprint density at radius 1 is 1.05 bits per heavy atom. The standard InChI is InChI=1S/C16H34O3Si/c1-14(17)18-12-10-9-11-16(5,6)13-19-20(7,8)15(2,3)4/h9-13H2,1-8H3. The van der Waals surface area contributed by atoms with E-state index >= 15 is 0 Å². The lowest BCUT2D eigenvalue weighted by Gasteiger charge is -2.39. The molecule has 0 atom stereocenters. The van der Waals surface area contributed by atoms with Gasteiger partial charge >= 0.3 is 5.97 Å². The molecule has 0 saturated heterocycles. The average Bonchev–Trinajstić information content (AvgIpc) is 2.24. The summed E-state index contributed by atoms with van der Waals surface area (Å²) in [7, 11) is -1.65. The van der Waals surface area contributed by atoms with Crippen LogP contribution in [0.3, 0.4) is 0 Å². The molecule has 0 aromatic rings. The highest BCUT2D eigenvalue weighted by molar-refractivity contribution is 6.74. The van der Waals surface area contributed by atoms with Crippen molar-refractivity contribution in [1.29, 1.82) is 0 Å². The average molecular weight is 303 g/mol. The molecule has 0 fully saturated rings. The molecule has 0 heterocycles. The SMILES string of the molecule is CC(=O)OCCCCC(C)(C)CO[Si](C)(C)C(C)(C)C. The van der Waals surface area contributed by atoms with Crippen LogP contribution in [0.25, 0.3) is 0 Å². The summed E-state index contributed by atoms with van der Waals surface area (Å²) < 4.78 is 11.3. The monoisotopic (exact) mass is 302 g/mol. The van der Waals surface area contributed by atoms with Crippen molar-refractivity contribution in [1.82, 2.24) is 0 Å². The van der Waals surface area contributed by atoms with E-state index in [1.165, 1.54) is 6.92 Å². The van der Waals surface area contributed by atoms with E-state index in [2.05, 4.69) is 47.7 Å². The van der Waals surface area contributed by atoms with Gasteiger partial charge in [-0.05, 0) is 42.8 Å². The maximum Gasteiger partial charge on any atom is 0.302 e. The Kier molecular flexibility index (Phi) is 7.46. The zero-order valence-electron chi connectivity index (χ0n) is 14.8. The first-order valence-electron chi connectivity index (χ1n) is 7.65. The topological polar surface area (TPSA) is 35.5 Å². The predicted molar refractivity (Wildman–Crippen MR) is 87.4 cm³/mol. The van der Waals surface area contributed by atoms with Crippen molar-refractivity contribution in [3.63, 3.8) is 0 Å².